The van der Waals surface area contributed by atoms with Crippen molar-refractivity contribution >= 4 is 22.4 Å². The lowest BCUT2D eigenvalue weighted by Gasteiger charge is -2.02. The quantitative estimate of drug-likeness (QED) is 0.771. The number of amides is 1. The van der Waals surface area contributed by atoms with Gasteiger partial charge < -0.3 is 0 Å². The van der Waals surface area contributed by atoms with Gasteiger partial charge in [-0.25, -0.2) is 9.37 Å². The third-order valence-electron chi connectivity index (χ3n) is 3.23. The van der Waals surface area contributed by atoms with Crippen LogP contribution in [0.15, 0.2) is 42.0 Å². The molecule has 1 N–H and O–H groups in total. The van der Waals surface area contributed by atoms with Crippen LogP contribution < -0.4 is 5.32 Å². The average molecular weight is 341 g/mol. The Morgan fingerprint density at radius 1 is 1.38 bits per heavy atom. The maximum Gasteiger partial charge on any atom is 0.261 e. The molecule has 1 aromatic carbocycles. The van der Waals surface area contributed by atoms with E-state index in [1.54, 1.807) is 34.6 Å². The third-order valence-corrected chi connectivity index (χ3v) is 3.92. The number of nitrogens with zero attached hydrogens (tertiary/aromatic N) is 4. The van der Waals surface area contributed by atoms with E-state index in [0.29, 0.717) is 28.5 Å². The van der Waals surface area contributed by atoms with Crippen molar-refractivity contribution in [2.75, 3.05) is 5.32 Å². The fourth-order valence-electron chi connectivity index (χ4n) is 2.14. The van der Waals surface area contributed by atoms with E-state index >= 15 is 0 Å². The first-order valence-electron chi connectivity index (χ1n) is 7.08. The number of hydrogen-bond acceptors (Lipinski definition) is 5. The largest absolute Gasteiger partial charge is 0.298 e. The van der Waals surface area contributed by atoms with Crippen molar-refractivity contribution in [3.63, 3.8) is 0 Å². The molecule has 2 aromatic heterocycles. The summed E-state index contributed by atoms with van der Waals surface area (Å²) in [6.07, 6.45) is 3.45. The second-order valence-electron chi connectivity index (χ2n) is 4.86. The zero-order chi connectivity index (χ0) is 16.9. The first-order chi connectivity index (χ1) is 11.7. The number of carbonyl (C=O) groups excluding carboxylic acids is 1. The highest BCUT2D eigenvalue weighted by Crippen LogP contribution is 2.24. The maximum absolute atomic E-state index is 13.1. The van der Waals surface area contributed by atoms with E-state index in [0.717, 1.165) is 0 Å². The maximum atomic E-state index is 13.1. The van der Waals surface area contributed by atoms with Gasteiger partial charge in [0.1, 0.15) is 11.5 Å². The Balaban J connectivity index is 1.96. The van der Waals surface area contributed by atoms with Gasteiger partial charge in [0.05, 0.1) is 24.6 Å². The minimum atomic E-state index is -0.364. The van der Waals surface area contributed by atoms with Gasteiger partial charge in [-0.15, -0.1) is 11.3 Å². The fraction of sp³-hybridized carbons (Fsp3) is 0.125. The van der Waals surface area contributed by atoms with Gasteiger partial charge in [0.15, 0.2) is 5.13 Å². The highest BCUT2D eigenvalue weighted by atomic mass is 32.1. The van der Waals surface area contributed by atoms with E-state index in [1.165, 1.54) is 23.5 Å². The number of hydrogen-bond donors (Lipinski definition) is 1. The number of aromatic nitrogens is 3. The van der Waals surface area contributed by atoms with Crippen LogP contribution in [0.5, 0.6) is 0 Å². The van der Waals surface area contributed by atoms with Crippen LogP contribution in [0.1, 0.15) is 16.8 Å². The van der Waals surface area contributed by atoms with Gasteiger partial charge in [-0.1, -0.05) is 0 Å². The average Bonchev–Trinajstić information content (AvgIpc) is 3.23. The monoisotopic (exact) mass is 341 g/mol. The lowest BCUT2D eigenvalue weighted by molar-refractivity contribution is 0.102. The summed E-state index contributed by atoms with van der Waals surface area (Å²) in [5.74, 6) is -0.719. The van der Waals surface area contributed by atoms with Crippen LogP contribution in [-0.2, 0) is 6.54 Å². The number of anilines is 1. The van der Waals surface area contributed by atoms with Crippen molar-refractivity contribution in [2.24, 2.45) is 0 Å². The number of halogens is 1. The molecule has 8 heteroatoms. The van der Waals surface area contributed by atoms with Crippen LogP contribution in [0.3, 0.4) is 0 Å². The SMILES string of the molecule is N#CCCn1cc(C(=O)Nc2nccs2)c(-c2ccc(F)cc2)n1. The topological polar surface area (TPSA) is 83.6 Å². The molecule has 0 aliphatic rings. The van der Waals surface area contributed by atoms with Gasteiger partial charge in [-0.2, -0.15) is 10.4 Å². The summed E-state index contributed by atoms with van der Waals surface area (Å²) in [6.45, 7) is 0.370. The number of nitrogens with one attached hydrogen (secondary N) is 1. The van der Waals surface area contributed by atoms with Gasteiger partial charge in [-0.05, 0) is 24.3 Å². The third kappa shape index (κ3) is 3.47. The van der Waals surface area contributed by atoms with E-state index in [4.69, 9.17) is 5.26 Å². The predicted octanol–water partition coefficient (Wildman–Crippen LogP) is 3.31. The van der Waals surface area contributed by atoms with Gasteiger partial charge in [0, 0.05) is 23.3 Å². The van der Waals surface area contributed by atoms with E-state index < -0.39 is 0 Å². The fourth-order valence-corrected chi connectivity index (χ4v) is 2.66. The van der Waals surface area contributed by atoms with Crippen molar-refractivity contribution < 1.29 is 9.18 Å². The van der Waals surface area contributed by atoms with Crippen LogP contribution in [-0.4, -0.2) is 20.7 Å². The lowest BCUT2D eigenvalue weighted by atomic mass is 10.1. The molecular weight excluding hydrogens is 329 g/mol. The van der Waals surface area contributed by atoms with Crippen LogP contribution >= 0.6 is 11.3 Å². The molecule has 0 saturated carbocycles. The summed E-state index contributed by atoms with van der Waals surface area (Å²) in [5, 5.41) is 18.0. The Bertz CT molecular complexity index is 880. The molecule has 2 heterocycles. The Labute approximate surface area is 141 Å². The van der Waals surface area contributed by atoms with Crippen molar-refractivity contribution in [1.82, 2.24) is 14.8 Å². The van der Waals surface area contributed by atoms with Gasteiger partial charge in [-0.3, -0.25) is 14.8 Å². The van der Waals surface area contributed by atoms with Gasteiger partial charge >= 0.3 is 0 Å². The molecule has 0 saturated heterocycles. The summed E-state index contributed by atoms with van der Waals surface area (Å²) in [5.41, 5.74) is 1.40. The highest BCUT2D eigenvalue weighted by Gasteiger charge is 2.19. The van der Waals surface area contributed by atoms with Crippen LogP contribution in [0.25, 0.3) is 11.3 Å². The number of benzene rings is 1. The molecule has 0 aliphatic heterocycles. The standard InChI is InChI=1S/C16H12FN5OS/c17-12-4-2-11(3-5-12)14-13(10-22(21-14)8-1-6-18)15(23)20-16-19-7-9-24-16/h2-5,7,9-10H,1,8H2,(H,19,20,23). The van der Waals surface area contributed by atoms with Crippen molar-refractivity contribution in [3.05, 3.63) is 53.4 Å². The predicted molar refractivity (Wildman–Crippen MR) is 87.9 cm³/mol. The van der Waals surface area contributed by atoms with Crippen molar-refractivity contribution in [2.45, 2.75) is 13.0 Å². The molecule has 0 unspecified atom stereocenters. The zero-order valence-electron chi connectivity index (χ0n) is 12.4. The van der Waals surface area contributed by atoms with Crippen molar-refractivity contribution in [1.29, 1.82) is 5.26 Å². The molecule has 0 bridgehead atoms. The molecule has 0 aliphatic carbocycles. The molecule has 120 valence electrons. The van der Waals surface area contributed by atoms with Gasteiger partial charge in [0.25, 0.3) is 5.91 Å². The van der Waals surface area contributed by atoms with E-state index in [9.17, 15) is 9.18 Å². The minimum Gasteiger partial charge on any atom is -0.298 e. The lowest BCUT2D eigenvalue weighted by Crippen LogP contribution is -2.12. The smallest absolute Gasteiger partial charge is 0.261 e. The number of nitriles is 1. The molecule has 1 amide bonds. The molecule has 0 fully saturated rings. The summed E-state index contributed by atoms with van der Waals surface area (Å²) < 4.78 is 14.7. The Kier molecular flexibility index (Phi) is 4.63. The molecular formula is C16H12FN5OS. The second kappa shape index (κ2) is 7.02. The van der Waals surface area contributed by atoms with E-state index in [1.807, 2.05) is 6.07 Å². The number of carbonyl (C=O) groups is 1. The Morgan fingerprint density at radius 3 is 2.83 bits per heavy atom. The first-order valence-corrected chi connectivity index (χ1v) is 7.96. The molecule has 3 rings (SSSR count). The normalized spacial score (nSPS) is 10.3. The minimum absolute atomic E-state index is 0.276. The number of aryl methyl sites for hydroxylation is 1. The van der Waals surface area contributed by atoms with E-state index in [-0.39, 0.29) is 18.1 Å². The molecule has 0 atom stereocenters. The van der Waals surface area contributed by atoms with E-state index in [2.05, 4.69) is 15.4 Å². The Hall–Kier alpha value is -3.05. The molecule has 24 heavy (non-hydrogen) atoms. The van der Waals surface area contributed by atoms with Gasteiger partial charge in [0.2, 0.25) is 0 Å². The van der Waals surface area contributed by atoms with Crippen LogP contribution in [0, 0.1) is 17.1 Å². The molecule has 0 spiro atoms. The molecule has 3 aromatic rings. The number of rotatable bonds is 5. The summed E-state index contributed by atoms with van der Waals surface area (Å²) in [4.78, 5) is 16.5. The number of thiazole rings is 1. The molecule has 0 radical (unpaired) electrons. The highest BCUT2D eigenvalue weighted by molar-refractivity contribution is 7.13. The second-order valence-corrected chi connectivity index (χ2v) is 5.76. The molecule has 6 nitrogen and oxygen atoms in total. The van der Waals surface area contributed by atoms with Crippen LogP contribution in [0.2, 0.25) is 0 Å². The summed E-state index contributed by atoms with van der Waals surface area (Å²) >= 11 is 1.31. The Morgan fingerprint density at radius 2 is 2.17 bits per heavy atom. The summed E-state index contributed by atoms with van der Waals surface area (Å²) in [6, 6.07) is 7.79. The zero-order valence-corrected chi connectivity index (χ0v) is 13.3. The first kappa shape index (κ1) is 15.8. The van der Waals surface area contributed by atoms with Crippen LogP contribution in [0.4, 0.5) is 9.52 Å². The summed E-state index contributed by atoms with van der Waals surface area (Å²) in [7, 11) is 0. The van der Waals surface area contributed by atoms with Crippen molar-refractivity contribution in [3.8, 4) is 17.3 Å².